The summed E-state index contributed by atoms with van der Waals surface area (Å²) in [7, 11) is -3.69. The maximum atomic E-state index is 11.9. The smallest absolute Gasteiger partial charge is 0.319 e. The van der Waals surface area contributed by atoms with Crippen LogP contribution in [0.25, 0.3) is 0 Å². The Morgan fingerprint density at radius 1 is 1.15 bits per heavy atom. The van der Waals surface area contributed by atoms with E-state index in [-0.39, 0.29) is 17.4 Å². The van der Waals surface area contributed by atoms with Crippen molar-refractivity contribution < 1.29 is 17.9 Å². The van der Waals surface area contributed by atoms with Gasteiger partial charge in [0.2, 0.25) is 5.90 Å². The molecule has 1 heterocycles. The third-order valence-electron chi connectivity index (χ3n) is 3.62. The fraction of sp³-hybridized carbons (Fsp3) is 0.176. The first-order chi connectivity index (χ1) is 12.9. The van der Waals surface area contributed by atoms with Gasteiger partial charge in [0.05, 0.1) is 22.9 Å². The monoisotopic (exact) mass is 427 g/mol. The molecule has 27 heavy (non-hydrogen) atoms. The third kappa shape index (κ3) is 4.71. The fourth-order valence-corrected chi connectivity index (χ4v) is 3.87. The number of hydrogen-bond donors (Lipinski definition) is 2. The molecule has 0 fully saturated rings. The number of hydrogen-bond acceptors (Lipinski definition) is 4. The number of benzene rings is 2. The summed E-state index contributed by atoms with van der Waals surface area (Å²) in [4.78, 5) is 12.0. The Bertz CT molecular complexity index is 1010. The van der Waals surface area contributed by atoms with E-state index in [0.29, 0.717) is 34.3 Å². The number of nitrogens with zero attached hydrogens (tertiary/aromatic N) is 1. The lowest BCUT2D eigenvalue weighted by Crippen LogP contribution is -2.30. The van der Waals surface area contributed by atoms with Gasteiger partial charge in [0.1, 0.15) is 4.90 Å². The molecule has 3 rings (SSSR count). The first kappa shape index (κ1) is 19.5. The van der Waals surface area contributed by atoms with E-state index in [1.54, 1.807) is 36.4 Å². The van der Waals surface area contributed by atoms with Crippen molar-refractivity contribution in [2.75, 3.05) is 18.5 Å². The summed E-state index contributed by atoms with van der Waals surface area (Å²) in [5, 5.41) is 6.07. The van der Waals surface area contributed by atoms with Gasteiger partial charge in [-0.3, -0.25) is 0 Å². The maximum Gasteiger partial charge on any atom is 0.319 e. The zero-order valence-corrected chi connectivity index (χ0v) is 16.2. The molecule has 0 bridgehead atoms. The number of urea groups is 1. The minimum absolute atomic E-state index is 0.0701. The van der Waals surface area contributed by atoms with Gasteiger partial charge in [0, 0.05) is 11.6 Å². The molecule has 2 amide bonds. The number of carbonyl (C=O) groups excluding carboxylic acids is 1. The predicted octanol–water partition coefficient (Wildman–Crippen LogP) is 3.67. The molecule has 2 aromatic rings. The normalized spacial score (nSPS) is 14.2. The highest BCUT2D eigenvalue weighted by atomic mass is 35.5. The zero-order valence-electron chi connectivity index (χ0n) is 13.9. The molecule has 1 aliphatic heterocycles. The van der Waals surface area contributed by atoms with Gasteiger partial charge in [-0.2, -0.15) is 8.42 Å². The van der Waals surface area contributed by atoms with Crippen LogP contribution in [0.1, 0.15) is 12.0 Å². The summed E-state index contributed by atoms with van der Waals surface area (Å²) < 4.78 is 32.9. The summed E-state index contributed by atoms with van der Waals surface area (Å²) in [6.07, 6.45) is 0.456. The van der Waals surface area contributed by atoms with Gasteiger partial charge >= 0.3 is 6.03 Å². The molecule has 0 saturated carbocycles. The van der Waals surface area contributed by atoms with Crippen LogP contribution in [-0.4, -0.2) is 33.5 Å². The number of anilines is 1. The van der Waals surface area contributed by atoms with Crippen LogP contribution < -0.4 is 10.6 Å². The van der Waals surface area contributed by atoms with Crippen LogP contribution in [-0.2, 0) is 14.8 Å². The molecule has 2 N–H and O–H groups in total. The quantitative estimate of drug-likeness (QED) is 0.711. The number of sulfonamides is 1. The average molecular weight is 428 g/mol. The number of halogens is 2. The predicted molar refractivity (Wildman–Crippen MR) is 104 cm³/mol. The number of rotatable bonds is 5. The van der Waals surface area contributed by atoms with Crippen molar-refractivity contribution in [2.45, 2.75) is 11.3 Å². The zero-order chi connectivity index (χ0) is 19.4. The Morgan fingerprint density at radius 2 is 1.93 bits per heavy atom. The second kappa shape index (κ2) is 8.16. The van der Waals surface area contributed by atoms with Crippen molar-refractivity contribution in [3.8, 4) is 0 Å². The van der Waals surface area contributed by atoms with Crippen molar-refractivity contribution in [2.24, 2.45) is 4.40 Å². The van der Waals surface area contributed by atoms with Crippen LogP contribution in [0.3, 0.4) is 0 Å². The fourth-order valence-electron chi connectivity index (χ4n) is 2.38. The van der Waals surface area contributed by atoms with E-state index in [2.05, 4.69) is 15.0 Å². The van der Waals surface area contributed by atoms with Crippen LogP contribution in [0.5, 0.6) is 0 Å². The van der Waals surface area contributed by atoms with E-state index in [1.165, 1.54) is 6.07 Å². The van der Waals surface area contributed by atoms with Crippen LogP contribution in [0.4, 0.5) is 10.5 Å². The molecule has 142 valence electrons. The lowest BCUT2D eigenvalue weighted by atomic mass is 10.2. The first-order valence-electron chi connectivity index (χ1n) is 7.94. The minimum Gasteiger partial charge on any atom is -0.477 e. The van der Waals surface area contributed by atoms with Gasteiger partial charge in [-0.15, -0.1) is 4.40 Å². The summed E-state index contributed by atoms with van der Waals surface area (Å²) >= 11 is 11.8. The number of fused-ring (bicyclic) bond motifs is 1. The Kier molecular flexibility index (Phi) is 5.88. The van der Waals surface area contributed by atoms with Gasteiger partial charge in [0.15, 0.2) is 0 Å². The molecular formula is C17H15Cl2N3O4S. The molecule has 0 aliphatic carbocycles. The van der Waals surface area contributed by atoms with Gasteiger partial charge in [-0.1, -0.05) is 35.3 Å². The molecule has 0 atom stereocenters. The summed E-state index contributed by atoms with van der Waals surface area (Å²) in [6.45, 7) is 0.507. The van der Waals surface area contributed by atoms with Crippen molar-refractivity contribution in [1.82, 2.24) is 5.32 Å². The summed E-state index contributed by atoms with van der Waals surface area (Å²) in [6, 6.07) is 10.8. The van der Waals surface area contributed by atoms with Crippen LogP contribution in [0.2, 0.25) is 10.0 Å². The van der Waals surface area contributed by atoms with Crippen LogP contribution in [0, 0.1) is 0 Å². The molecule has 0 aromatic heterocycles. The summed E-state index contributed by atoms with van der Waals surface area (Å²) in [5.41, 5.74) is 0.846. The minimum atomic E-state index is -3.69. The highest BCUT2D eigenvalue weighted by Crippen LogP contribution is 2.26. The standard InChI is InChI=1S/C17H15Cl2N3O4S/c18-11-6-7-13(19)14(10-11)21-17(23)20-8-3-9-26-16-12-4-1-2-5-15(12)27(24,25)22-16/h1-2,4-7,10H,3,8-9H2,(H2,20,21,23). The first-order valence-corrected chi connectivity index (χ1v) is 10.1. The van der Waals surface area contributed by atoms with E-state index in [0.717, 1.165) is 0 Å². The highest BCUT2D eigenvalue weighted by molar-refractivity contribution is 7.90. The molecule has 7 nitrogen and oxygen atoms in total. The Balaban J connectivity index is 1.45. The van der Waals surface area contributed by atoms with Crippen LogP contribution in [0.15, 0.2) is 51.8 Å². The Morgan fingerprint density at radius 3 is 2.74 bits per heavy atom. The topological polar surface area (TPSA) is 96.9 Å². The highest BCUT2D eigenvalue weighted by Gasteiger charge is 2.29. The van der Waals surface area contributed by atoms with Crippen molar-refractivity contribution in [3.05, 3.63) is 58.1 Å². The molecular weight excluding hydrogens is 413 g/mol. The van der Waals surface area contributed by atoms with Crippen molar-refractivity contribution in [1.29, 1.82) is 0 Å². The second-order valence-electron chi connectivity index (χ2n) is 5.57. The van der Waals surface area contributed by atoms with Gasteiger partial charge in [-0.25, -0.2) is 4.79 Å². The Labute approximate surface area is 166 Å². The molecule has 0 unspecified atom stereocenters. The van der Waals surface area contributed by atoms with E-state index >= 15 is 0 Å². The molecule has 1 aliphatic rings. The van der Waals surface area contributed by atoms with Gasteiger partial charge in [0.25, 0.3) is 10.0 Å². The lowest BCUT2D eigenvalue weighted by Gasteiger charge is -2.10. The lowest BCUT2D eigenvalue weighted by molar-refractivity contribution is 0.249. The van der Waals surface area contributed by atoms with Crippen LogP contribution >= 0.6 is 23.2 Å². The van der Waals surface area contributed by atoms with E-state index < -0.39 is 16.1 Å². The Hall–Kier alpha value is -2.29. The molecule has 2 aromatic carbocycles. The summed E-state index contributed by atoms with van der Waals surface area (Å²) in [5.74, 6) is 0.0701. The van der Waals surface area contributed by atoms with Crippen molar-refractivity contribution >= 4 is 50.8 Å². The largest absolute Gasteiger partial charge is 0.477 e. The molecule has 0 saturated heterocycles. The average Bonchev–Trinajstić information content (AvgIpc) is 2.89. The van der Waals surface area contributed by atoms with E-state index in [1.807, 2.05) is 0 Å². The molecule has 0 spiro atoms. The SMILES string of the molecule is O=C(NCCCOC1=NS(=O)(=O)c2ccccc21)Nc1cc(Cl)ccc1Cl. The molecule has 0 radical (unpaired) electrons. The number of amides is 2. The van der Waals surface area contributed by atoms with Gasteiger partial charge in [-0.05, 0) is 36.8 Å². The third-order valence-corrected chi connectivity index (χ3v) is 5.50. The van der Waals surface area contributed by atoms with E-state index in [9.17, 15) is 13.2 Å². The number of nitrogens with one attached hydrogen (secondary N) is 2. The van der Waals surface area contributed by atoms with Gasteiger partial charge < -0.3 is 15.4 Å². The number of ether oxygens (including phenoxy) is 1. The second-order valence-corrected chi connectivity index (χ2v) is 7.99. The number of carbonyl (C=O) groups is 1. The van der Waals surface area contributed by atoms with E-state index in [4.69, 9.17) is 27.9 Å². The maximum absolute atomic E-state index is 11.9. The van der Waals surface area contributed by atoms with Crippen molar-refractivity contribution in [3.63, 3.8) is 0 Å². The molecule has 10 heteroatoms.